The molecule has 2 N–H and O–H groups in total. The normalized spacial score (nSPS) is 12.0. The zero-order valence-electron chi connectivity index (χ0n) is 8.89. The predicted molar refractivity (Wildman–Crippen MR) is 63.5 cm³/mol. The van der Waals surface area contributed by atoms with Crippen molar-refractivity contribution in [3.63, 3.8) is 0 Å². The fourth-order valence-corrected chi connectivity index (χ4v) is 1.96. The minimum Gasteiger partial charge on any atom is -0.315 e. The lowest BCUT2D eigenvalue weighted by atomic mass is 10.3. The quantitative estimate of drug-likeness (QED) is 0.794. The molecular formula is C10H10N6S. The van der Waals surface area contributed by atoms with Crippen LogP contribution in [0.15, 0.2) is 35.5 Å². The van der Waals surface area contributed by atoms with Crippen LogP contribution in [0, 0.1) is 11.3 Å². The summed E-state index contributed by atoms with van der Waals surface area (Å²) in [4.78, 5) is 0. The van der Waals surface area contributed by atoms with Gasteiger partial charge in [0.05, 0.1) is 11.8 Å². The van der Waals surface area contributed by atoms with Crippen molar-refractivity contribution in [2.75, 3.05) is 5.75 Å². The molecule has 0 spiro atoms. The van der Waals surface area contributed by atoms with Crippen molar-refractivity contribution in [1.29, 1.82) is 5.26 Å². The van der Waals surface area contributed by atoms with Gasteiger partial charge >= 0.3 is 0 Å². The van der Waals surface area contributed by atoms with Crippen molar-refractivity contribution < 1.29 is 0 Å². The van der Waals surface area contributed by atoms with Crippen LogP contribution in [0.1, 0.15) is 0 Å². The van der Waals surface area contributed by atoms with Gasteiger partial charge in [0.1, 0.15) is 6.04 Å². The molecule has 0 aliphatic heterocycles. The van der Waals surface area contributed by atoms with Gasteiger partial charge in [0.25, 0.3) is 0 Å². The number of nitrogens with zero attached hydrogens (tertiary/aromatic N) is 5. The highest BCUT2D eigenvalue weighted by molar-refractivity contribution is 7.99. The second-order valence-electron chi connectivity index (χ2n) is 3.26. The van der Waals surface area contributed by atoms with Crippen molar-refractivity contribution in [3.05, 3.63) is 30.3 Å². The number of benzene rings is 1. The number of thioether (sulfide) groups is 1. The Bertz CT molecular complexity index is 517. The maximum absolute atomic E-state index is 8.60. The van der Waals surface area contributed by atoms with E-state index in [1.54, 1.807) is 4.68 Å². The summed E-state index contributed by atoms with van der Waals surface area (Å²) in [5.41, 5.74) is 6.40. The molecule has 0 radical (unpaired) electrons. The summed E-state index contributed by atoms with van der Waals surface area (Å²) in [7, 11) is 0. The summed E-state index contributed by atoms with van der Waals surface area (Å²) in [6.07, 6.45) is 0. The molecule has 1 aromatic heterocycles. The van der Waals surface area contributed by atoms with E-state index in [0.717, 1.165) is 5.69 Å². The average molecular weight is 246 g/mol. The molecule has 0 aliphatic carbocycles. The van der Waals surface area contributed by atoms with Crippen LogP contribution < -0.4 is 5.73 Å². The molecule has 1 aromatic carbocycles. The third-order valence-corrected chi connectivity index (χ3v) is 3.04. The maximum atomic E-state index is 8.60. The van der Waals surface area contributed by atoms with Gasteiger partial charge in [-0.05, 0) is 22.6 Å². The Morgan fingerprint density at radius 2 is 2.18 bits per heavy atom. The van der Waals surface area contributed by atoms with E-state index in [2.05, 4.69) is 15.5 Å². The molecule has 2 aromatic rings. The Morgan fingerprint density at radius 1 is 1.41 bits per heavy atom. The van der Waals surface area contributed by atoms with Crippen LogP contribution in [0.4, 0.5) is 0 Å². The Labute approximate surface area is 102 Å². The van der Waals surface area contributed by atoms with Crippen molar-refractivity contribution in [3.8, 4) is 11.8 Å². The Kier molecular flexibility index (Phi) is 3.69. The summed E-state index contributed by atoms with van der Waals surface area (Å²) >= 11 is 1.36. The number of para-hydroxylation sites is 1. The van der Waals surface area contributed by atoms with Crippen molar-refractivity contribution in [2.24, 2.45) is 5.73 Å². The first kappa shape index (κ1) is 11.6. The summed E-state index contributed by atoms with van der Waals surface area (Å²) in [5, 5.41) is 20.7. The fraction of sp³-hybridized carbons (Fsp3) is 0.200. The molecule has 2 rings (SSSR count). The van der Waals surface area contributed by atoms with E-state index in [9.17, 15) is 0 Å². The highest BCUT2D eigenvalue weighted by atomic mass is 32.2. The zero-order chi connectivity index (χ0) is 12.1. The first-order valence-corrected chi connectivity index (χ1v) is 5.91. The van der Waals surface area contributed by atoms with Gasteiger partial charge in [0.15, 0.2) is 0 Å². The van der Waals surface area contributed by atoms with Crippen LogP contribution in [0.5, 0.6) is 0 Å². The van der Waals surface area contributed by atoms with Gasteiger partial charge in [-0.2, -0.15) is 9.94 Å². The van der Waals surface area contributed by atoms with E-state index in [4.69, 9.17) is 11.0 Å². The van der Waals surface area contributed by atoms with Gasteiger partial charge in [-0.15, -0.1) is 5.10 Å². The number of hydrogen-bond donors (Lipinski definition) is 1. The Hall–Kier alpha value is -1.91. The van der Waals surface area contributed by atoms with Gasteiger partial charge in [0, 0.05) is 5.75 Å². The summed E-state index contributed by atoms with van der Waals surface area (Å²) in [6, 6.07) is 11.0. The van der Waals surface area contributed by atoms with E-state index in [-0.39, 0.29) is 0 Å². The molecule has 1 heterocycles. The minimum atomic E-state index is -0.513. The van der Waals surface area contributed by atoms with E-state index in [1.165, 1.54) is 11.8 Å². The van der Waals surface area contributed by atoms with E-state index in [0.29, 0.717) is 10.9 Å². The third kappa shape index (κ3) is 2.81. The lowest BCUT2D eigenvalue weighted by Gasteiger charge is -2.04. The molecule has 86 valence electrons. The number of aromatic nitrogens is 4. The second-order valence-corrected chi connectivity index (χ2v) is 4.24. The standard InChI is InChI=1S/C10H10N6S/c11-6-8(12)7-17-10-13-14-15-16(10)9-4-2-1-3-5-9/h1-5,8H,7,12H2. The first-order chi connectivity index (χ1) is 8.31. The third-order valence-electron chi connectivity index (χ3n) is 2.00. The summed E-state index contributed by atoms with van der Waals surface area (Å²) < 4.78 is 1.62. The van der Waals surface area contributed by atoms with Crippen molar-refractivity contribution in [1.82, 2.24) is 20.2 Å². The molecule has 6 nitrogen and oxygen atoms in total. The summed E-state index contributed by atoms with van der Waals surface area (Å²) in [5.74, 6) is 0.462. The van der Waals surface area contributed by atoms with E-state index >= 15 is 0 Å². The Balaban J connectivity index is 2.16. The molecule has 1 unspecified atom stereocenters. The van der Waals surface area contributed by atoms with Gasteiger partial charge in [-0.25, -0.2) is 0 Å². The van der Waals surface area contributed by atoms with Crippen LogP contribution in [-0.4, -0.2) is 32.0 Å². The monoisotopic (exact) mass is 246 g/mol. The summed E-state index contributed by atoms with van der Waals surface area (Å²) in [6.45, 7) is 0. The van der Waals surface area contributed by atoms with Crippen LogP contribution in [0.2, 0.25) is 0 Å². The first-order valence-electron chi connectivity index (χ1n) is 4.93. The minimum absolute atomic E-state index is 0.462. The molecule has 0 saturated heterocycles. The van der Waals surface area contributed by atoms with E-state index < -0.39 is 6.04 Å². The number of rotatable bonds is 4. The van der Waals surface area contributed by atoms with Gasteiger partial charge in [0.2, 0.25) is 5.16 Å². The molecule has 0 fully saturated rings. The number of nitriles is 1. The largest absolute Gasteiger partial charge is 0.315 e. The smallest absolute Gasteiger partial charge is 0.214 e. The maximum Gasteiger partial charge on any atom is 0.214 e. The molecule has 7 heteroatoms. The van der Waals surface area contributed by atoms with Crippen LogP contribution in [-0.2, 0) is 0 Å². The number of tetrazole rings is 1. The van der Waals surface area contributed by atoms with Crippen LogP contribution in [0.25, 0.3) is 5.69 Å². The molecule has 0 aliphatic rings. The molecular weight excluding hydrogens is 236 g/mol. The molecule has 17 heavy (non-hydrogen) atoms. The highest BCUT2D eigenvalue weighted by Crippen LogP contribution is 2.17. The molecule has 1 atom stereocenters. The van der Waals surface area contributed by atoms with Crippen LogP contribution in [0.3, 0.4) is 0 Å². The Morgan fingerprint density at radius 3 is 2.88 bits per heavy atom. The number of nitrogens with two attached hydrogens (primary N) is 1. The SMILES string of the molecule is N#CC(N)CSc1nnnn1-c1ccccc1. The zero-order valence-corrected chi connectivity index (χ0v) is 9.71. The second kappa shape index (κ2) is 5.43. The van der Waals surface area contributed by atoms with Crippen molar-refractivity contribution >= 4 is 11.8 Å². The fourth-order valence-electron chi connectivity index (χ4n) is 1.20. The van der Waals surface area contributed by atoms with Gasteiger partial charge < -0.3 is 5.73 Å². The van der Waals surface area contributed by atoms with Gasteiger partial charge in [-0.1, -0.05) is 30.0 Å². The lowest BCUT2D eigenvalue weighted by molar-refractivity contribution is 0.755. The highest BCUT2D eigenvalue weighted by Gasteiger charge is 2.10. The van der Waals surface area contributed by atoms with Crippen molar-refractivity contribution in [2.45, 2.75) is 11.2 Å². The molecule has 0 saturated carbocycles. The molecule has 0 amide bonds. The molecule has 0 bridgehead atoms. The predicted octanol–water partition coefficient (Wildman–Crippen LogP) is 0.605. The van der Waals surface area contributed by atoms with E-state index in [1.807, 2.05) is 36.4 Å². The van der Waals surface area contributed by atoms with Gasteiger partial charge in [-0.3, -0.25) is 0 Å². The van der Waals surface area contributed by atoms with Crippen LogP contribution >= 0.6 is 11.8 Å². The lowest BCUT2D eigenvalue weighted by Crippen LogP contribution is -2.20. The average Bonchev–Trinajstić information content (AvgIpc) is 2.85. The topological polar surface area (TPSA) is 93.4 Å². The number of hydrogen-bond acceptors (Lipinski definition) is 6.